The Morgan fingerprint density at radius 2 is 1.58 bits per heavy atom. The van der Waals surface area contributed by atoms with E-state index in [-0.39, 0.29) is 5.54 Å². The molecular formula is C15H28N4. The number of hydrogen-bond donors (Lipinski definition) is 1. The van der Waals surface area contributed by atoms with E-state index in [1.165, 1.54) is 5.56 Å². The number of nitrogens with zero attached hydrogens (tertiary/aromatic N) is 3. The van der Waals surface area contributed by atoms with Gasteiger partial charge in [-0.05, 0) is 59.6 Å². The maximum atomic E-state index is 4.56. The zero-order chi connectivity index (χ0) is 14.6. The second-order valence-electron chi connectivity index (χ2n) is 6.35. The topological polar surface area (TPSA) is 41.1 Å². The van der Waals surface area contributed by atoms with E-state index in [0.717, 1.165) is 36.7 Å². The summed E-state index contributed by atoms with van der Waals surface area (Å²) in [6.07, 6.45) is 2.15. The highest BCUT2D eigenvalue weighted by Gasteiger charge is 2.11. The van der Waals surface area contributed by atoms with Crippen LogP contribution in [0.3, 0.4) is 0 Å². The lowest BCUT2D eigenvalue weighted by atomic mass is 10.1. The zero-order valence-electron chi connectivity index (χ0n) is 13.5. The molecule has 1 heterocycles. The fourth-order valence-corrected chi connectivity index (χ4v) is 2.01. The first-order valence-corrected chi connectivity index (χ1v) is 6.97. The van der Waals surface area contributed by atoms with Crippen LogP contribution in [0.25, 0.3) is 0 Å². The summed E-state index contributed by atoms with van der Waals surface area (Å²) >= 11 is 0. The monoisotopic (exact) mass is 264 g/mol. The Morgan fingerprint density at radius 1 is 1.05 bits per heavy atom. The molecule has 4 nitrogen and oxygen atoms in total. The van der Waals surface area contributed by atoms with Gasteiger partial charge in [0.1, 0.15) is 0 Å². The molecule has 0 spiro atoms. The van der Waals surface area contributed by atoms with Crippen LogP contribution in [0.5, 0.6) is 0 Å². The highest BCUT2D eigenvalue weighted by molar-refractivity contribution is 5.35. The third kappa shape index (κ3) is 5.15. The van der Waals surface area contributed by atoms with Gasteiger partial charge in [0, 0.05) is 31.0 Å². The van der Waals surface area contributed by atoms with Crippen LogP contribution in [0.4, 0.5) is 5.95 Å². The maximum Gasteiger partial charge on any atom is 0.225 e. The highest BCUT2D eigenvalue weighted by atomic mass is 15.2. The average Bonchev–Trinajstić information content (AvgIpc) is 2.25. The van der Waals surface area contributed by atoms with Gasteiger partial charge in [-0.25, -0.2) is 9.97 Å². The maximum absolute atomic E-state index is 4.56. The van der Waals surface area contributed by atoms with Crippen molar-refractivity contribution in [3.63, 3.8) is 0 Å². The zero-order valence-corrected chi connectivity index (χ0v) is 13.5. The van der Waals surface area contributed by atoms with Crippen LogP contribution < -0.4 is 10.2 Å². The minimum atomic E-state index is 0.190. The lowest BCUT2D eigenvalue weighted by Crippen LogP contribution is -2.36. The first-order valence-electron chi connectivity index (χ1n) is 6.97. The number of anilines is 1. The predicted molar refractivity (Wildman–Crippen MR) is 81.9 cm³/mol. The molecule has 0 bridgehead atoms. The molecule has 0 aliphatic rings. The first kappa shape index (κ1) is 15.9. The van der Waals surface area contributed by atoms with E-state index < -0.39 is 0 Å². The largest absolute Gasteiger partial charge is 0.347 e. The molecule has 0 radical (unpaired) electrons. The molecule has 0 unspecified atom stereocenters. The van der Waals surface area contributed by atoms with E-state index in [9.17, 15) is 0 Å². The summed E-state index contributed by atoms with van der Waals surface area (Å²) in [4.78, 5) is 11.1. The van der Waals surface area contributed by atoms with Gasteiger partial charge >= 0.3 is 0 Å². The number of aromatic nitrogens is 2. The summed E-state index contributed by atoms with van der Waals surface area (Å²) in [5, 5.41) is 3.51. The molecule has 0 aliphatic carbocycles. The molecule has 0 saturated carbocycles. The van der Waals surface area contributed by atoms with E-state index in [1.54, 1.807) is 0 Å². The molecular weight excluding hydrogens is 236 g/mol. The molecule has 0 atom stereocenters. The second kappa shape index (κ2) is 6.33. The van der Waals surface area contributed by atoms with Crippen molar-refractivity contribution in [1.29, 1.82) is 0 Å². The summed E-state index contributed by atoms with van der Waals surface area (Å²) in [5.41, 5.74) is 3.69. The first-order chi connectivity index (χ1) is 8.70. The molecule has 1 aromatic rings. The molecule has 0 fully saturated rings. The van der Waals surface area contributed by atoms with Crippen molar-refractivity contribution < 1.29 is 0 Å². The Hall–Kier alpha value is -1.16. The molecule has 1 N–H and O–H groups in total. The van der Waals surface area contributed by atoms with Crippen molar-refractivity contribution in [2.24, 2.45) is 0 Å². The number of nitrogens with one attached hydrogen (secondary N) is 1. The van der Waals surface area contributed by atoms with Gasteiger partial charge in [-0.2, -0.15) is 0 Å². The van der Waals surface area contributed by atoms with Crippen molar-refractivity contribution in [2.45, 2.75) is 53.0 Å². The SMILES string of the molecule is Cc1nc(N(C)C)nc(C)c1CCCNC(C)(C)C. The van der Waals surface area contributed by atoms with Crippen LogP contribution in [0.1, 0.15) is 44.1 Å². The van der Waals surface area contributed by atoms with E-state index in [0.29, 0.717) is 0 Å². The number of aryl methyl sites for hydroxylation is 2. The van der Waals surface area contributed by atoms with Gasteiger partial charge in [-0.1, -0.05) is 0 Å². The van der Waals surface area contributed by atoms with Crippen LogP contribution >= 0.6 is 0 Å². The van der Waals surface area contributed by atoms with Crippen molar-refractivity contribution >= 4 is 5.95 Å². The van der Waals surface area contributed by atoms with Gasteiger partial charge in [0.25, 0.3) is 0 Å². The molecule has 0 saturated heterocycles. The molecule has 0 aromatic carbocycles. The van der Waals surface area contributed by atoms with Gasteiger partial charge in [0.05, 0.1) is 0 Å². The van der Waals surface area contributed by atoms with Gasteiger partial charge in [0.2, 0.25) is 5.95 Å². The van der Waals surface area contributed by atoms with Crippen molar-refractivity contribution in [3.8, 4) is 0 Å². The Bertz CT molecular complexity index is 396. The van der Waals surface area contributed by atoms with Crippen LogP contribution in [-0.2, 0) is 6.42 Å². The summed E-state index contributed by atoms with van der Waals surface area (Å²) in [7, 11) is 3.95. The number of rotatable bonds is 5. The van der Waals surface area contributed by atoms with Crippen molar-refractivity contribution in [2.75, 3.05) is 25.5 Å². The van der Waals surface area contributed by atoms with Gasteiger partial charge < -0.3 is 10.2 Å². The smallest absolute Gasteiger partial charge is 0.225 e. The fourth-order valence-electron chi connectivity index (χ4n) is 2.01. The summed E-state index contributed by atoms with van der Waals surface area (Å²) in [6.45, 7) is 11.8. The lowest BCUT2D eigenvalue weighted by Gasteiger charge is -2.20. The lowest BCUT2D eigenvalue weighted by molar-refractivity contribution is 0.422. The molecule has 1 aromatic heterocycles. The minimum absolute atomic E-state index is 0.190. The predicted octanol–water partition coefficient (Wildman–Crippen LogP) is 2.48. The fraction of sp³-hybridized carbons (Fsp3) is 0.733. The molecule has 1 rings (SSSR count). The van der Waals surface area contributed by atoms with Crippen LogP contribution in [0.2, 0.25) is 0 Å². The van der Waals surface area contributed by atoms with Gasteiger partial charge in [0.15, 0.2) is 0 Å². The normalized spacial score (nSPS) is 11.7. The van der Waals surface area contributed by atoms with E-state index in [4.69, 9.17) is 0 Å². The van der Waals surface area contributed by atoms with E-state index >= 15 is 0 Å². The summed E-state index contributed by atoms with van der Waals surface area (Å²) < 4.78 is 0. The third-order valence-corrected chi connectivity index (χ3v) is 3.07. The second-order valence-corrected chi connectivity index (χ2v) is 6.35. The standard InChI is InChI=1S/C15H28N4/c1-11-13(9-8-10-16-15(3,4)5)12(2)18-14(17-11)19(6)7/h16H,8-10H2,1-7H3. The number of hydrogen-bond acceptors (Lipinski definition) is 4. The van der Waals surface area contributed by atoms with Crippen LogP contribution in [0.15, 0.2) is 0 Å². The molecule has 0 aliphatic heterocycles. The summed E-state index contributed by atoms with van der Waals surface area (Å²) in [5.74, 6) is 0.798. The van der Waals surface area contributed by atoms with Crippen LogP contribution in [-0.4, -0.2) is 36.1 Å². The molecule has 4 heteroatoms. The van der Waals surface area contributed by atoms with Crippen LogP contribution in [0, 0.1) is 13.8 Å². The van der Waals surface area contributed by atoms with Crippen molar-refractivity contribution in [1.82, 2.24) is 15.3 Å². The Labute approximate surface area is 117 Å². The minimum Gasteiger partial charge on any atom is -0.347 e. The van der Waals surface area contributed by atoms with E-state index in [2.05, 4.69) is 49.9 Å². The van der Waals surface area contributed by atoms with Gasteiger partial charge in [-0.3, -0.25) is 0 Å². The highest BCUT2D eigenvalue weighted by Crippen LogP contribution is 2.15. The Kier molecular flexibility index (Phi) is 5.29. The molecule has 19 heavy (non-hydrogen) atoms. The van der Waals surface area contributed by atoms with Gasteiger partial charge in [-0.15, -0.1) is 0 Å². The average molecular weight is 264 g/mol. The van der Waals surface area contributed by atoms with Crippen molar-refractivity contribution in [3.05, 3.63) is 17.0 Å². The summed E-state index contributed by atoms with van der Waals surface area (Å²) in [6, 6.07) is 0. The Morgan fingerprint density at radius 3 is 2.00 bits per heavy atom. The Balaban J connectivity index is 2.64. The quantitative estimate of drug-likeness (QED) is 0.830. The molecule has 108 valence electrons. The third-order valence-electron chi connectivity index (χ3n) is 3.07. The van der Waals surface area contributed by atoms with E-state index in [1.807, 2.05) is 19.0 Å². The molecule has 0 amide bonds.